The van der Waals surface area contributed by atoms with Gasteiger partial charge in [-0.25, -0.2) is 0 Å². The second-order valence-electron chi connectivity index (χ2n) is 2.57. The number of hydrogen-bond acceptors (Lipinski definition) is 2. The van der Waals surface area contributed by atoms with Crippen molar-refractivity contribution in [2.45, 2.75) is 39.5 Å². The van der Waals surface area contributed by atoms with Crippen molar-refractivity contribution in [3.63, 3.8) is 0 Å². The summed E-state index contributed by atoms with van der Waals surface area (Å²) in [5, 5.41) is 10.3. The zero-order valence-electron chi connectivity index (χ0n) is 7.43. The van der Waals surface area contributed by atoms with E-state index in [0.717, 1.165) is 19.3 Å². The molecule has 0 saturated heterocycles. The first-order valence-electron chi connectivity index (χ1n) is 3.93. The minimum Gasteiger partial charge on any atom is -0.550 e. The fourth-order valence-corrected chi connectivity index (χ4v) is 0.939. The van der Waals surface area contributed by atoms with Gasteiger partial charge < -0.3 is 9.90 Å². The Balaban J connectivity index is 0. The maximum atomic E-state index is 10.3. The van der Waals surface area contributed by atoms with Crippen LogP contribution in [0.25, 0.3) is 0 Å². The molecule has 0 N–H and O–H groups in total. The molecule has 0 aliphatic carbocycles. The van der Waals surface area contributed by atoms with Crippen molar-refractivity contribution in [3.05, 3.63) is 0 Å². The molecule has 3 heteroatoms. The SMILES string of the molecule is CCCCC(CC)C(=O)[O-].[Zn]. The fourth-order valence-electron chi connectivity index (χ4n) is 0.939. The first-order chi connectivity index (χ1) is 4.72. The van der Waals surface area contributed by atoms with Gasteiger partial charge in [-0.15, -0.1) is 0 Å². The molecule has 11 heavy (non-hydrogen) atoms. The minimum atomic E-state index is -0.893. The Hall–Kier alpha value is 0.0934. The Labute approximate surface area is 81.1 Å². The van der Waals surface area contributed by atoms with Crippen LogP contribution in [0.2, 0.25) is 0 Å². The van der Waals surface area contributed by atoms with Gasteiger partial charge in [-0.2, -0.15) is 0 Å². The average Bonchev–Trinajstić information content (AvgIpc) is 1.89. The van der Waals surface area contributed by atoms with Crippen LogP contribution in [0.3, 0.4) is 0 Å². The van der Waals surface area contributed by atoms with Crippen LogP contribution >= 0.6 is 0 Å². The van der Waals surface area contributed by atoms with Crippen LogP contribution in [-0.4, -0.2) is 5.97 Å². The molecule has 0 aromatic rings. The van der Waals surface area contributed by atoms with Gasteiger partial charge in [0.1, 0.15) is 0 Å². The number of carboxylic acids is 1. The van der Waals surface area contributed by atoms with Gasteiger partial charge in [0.25, 0.3) is 0 Å². The number of carbonyl (C=O) groups excluding carboxylic acids is 1. The van der Waals surface area contributed by atoms with Gasteiger partial charge >= 0.3 is 0 Å². The molecule has 0 aromatic carbocycles. The maximum absolute atomic E-state index is 10.3. The molecule has 62 valence electrons. The van der Waals surface area contributed by atoms with Crippen LogP contribution in [0.1, 0.15) is 39.5 Å². The van der Waals surface area contributed by atoms with E-state index >= 15 is 0 Å². The van der Waals surface area contributed by atoms with Crippen LogP contribution in [0.4, 0.5) is 0 Å². The zero-order valence-corrected chi connectivity index (χ0v) is 10.4. The third-order valence-electron chi connectivity index (χ3n) is 1.73. The second-order valence-corrected chi connectivity index (χ2v) is 2.57. The average molecular weight is 209 g/mol. The van der Waals surface area contributed by atoms with Crippen molar-refractivity contribution in [2.75, 3.05) is 0 Å². The molecule has 0 amide bonds. The van der Waals surface area contributed by atoms with Crippen molar-refractivity contribution < 1.29 is 29.4 Å². The first-order valence-corrected chi connectivity index (χ1v) is 3.93. The van der Waals surface area contributed by atoms with Crippen molar-refractivity contribution >= 4 is 5.97 Å². The summed E-state index contributed by atoms with van der Waals surface area (Å²) in [6.07, 6.45) is 3.52. The third-order valence-corrected chi connectivity index (χ3v) is 1.73. The van der Waals surface area contributed by atoms with E-state index in [2.05, 4.69) is 6.92 Å². The summed E-state index contributed by atoms with van der Waals surface area (Å²) in [5.74, 6) is -1.11. The van der Waals surface area contributed by atoms with E-state index in [1.807, 2.05) is 6.92 Å². The monoisotopic (exact) mass is 207 g/mol. The van der Waals surface area contributed by atoms with Gasteiger partial charge in [-0.05, 0) is 18.8 Å². The van der Waals surface area contributed by atoms with E-state index in [4.69, 9.17) is 0 Å². The summed E-state index contributed by atoms with van der Waals surface area (Å²) in [5.41, 5.74) is 0. The molecule has 0 fully saturated rings. The Morgan fingerprint density at radius 1 is 1.45 bits per heavy atom. The van der Waals surface area contributed by atoms with E-state index in [1.165, 1.54) is 0 Å². The van der Waals surface area contributed by atoms with E-state index in [-0.39, 0.29) is 25.4 Å². The third kappa shape index (κ3) is 6.49. The predicted molar refractivity (Wildman–Crippen MR) is 38.3 cm³/mol. The molecular formula is C8H15O2Zn-. The maximum Gasteiger partial charge on any atom is 0.0445 e. The summed E-state index contributed by atoms with van der Waals surface area (Å²) >= 11 is 0. The summed E-state index contributed by atoms with van der Waals surface area (Å²) in [6, 6.07) is 0. The number of carbonyl (C=O) groups is 1. The normalized spacial score (nSPS) is 11.8. The molecule has 0 heterocycles. The summed E-state index contributed by atoms with van der Waals surface area (Å²) in [6.45, 7) is 3.94. The predicted octanol–water partition coefficient (Wildman–Crippen LogP) is 0.950. The molecule has 0 aliphatic rings. The smallest absolute Gasteiger partial charge is 0.0445 e. The molecule has 1 atom stereocenters. The molecular weight excluding hydrogens is 193 g/mol. The van der Waals surface area contributed by atoms with E-state index < -0.39 is 5.97 Å². The van der Waals surface area contributed by atoms with Gasteiger partial charge in [0, 0.05) is 25.4 Å². The van der Waals surface area contributed by atoms with Crippen molar-refractivity contribution in [1.29, 1.82) is 0 Å². The molecule has 0 spiro atoms. The van der Waals surface area contributed by atoms with Crippen LogP contribution in [0.5, 0.6) is 0 Å². The van der Waals surface area contributed by atoms with E-state index in [1.54, 1.807) is 0 Å². The van der Waals surface area contributed by atoms with Gasteiger partial charge in [0.15, 0.2) is 0 Å². The van der Waals surface area contributed by atoms with Crippen molar-refractivity contribution in [2.24, 2.45) is 5.92 Å². The number of hydrogen-bond donors (Lipinski definition) is 0. The largest absolute Gasteiger partial charge is 0.550 e. The summed E-state index contributed by atoms with van der Waals surface area (Å²) in [7, 11) is 0. The summed E-state index contributed by atoms with van der Waals surface area (Å²) in [4.78, 5) is 10.3. The molecule has 0 saturated carbocycles. The molecule has 2 nitrogen and oxygen atoms in total. The van der Waals surface area contributed by atoms with Gasteiger partial charge in [0.05, 0.1) is 0 Å². The number of unbranched alkanes of at least 4 members (excludes halogenated alkanes) is 1. The summed E-state index contributed by atoms with van der Waals surface area (Å²) < 4.78 is 0. The van der Waals surface area contributed by atoms with Crippen LogP contribution in [-0.2, 0) is 24.3 Å². The standard InChI is InChI=1S/C8H16O2.Zn/c1-3-5-6-7(4-2)8(9)10;/h7H,3-6H2,1-2H3,(H,9,10);/p-1. The van der Waals surface area contributed by atoms with Crippen LogP contribution < -0.4 is 5.11 Å². The second kappa shape index (κ2) is 8.19. The molecule has 0 rings (SSSR count). The first kappa shape index (κ1) is 13.7. The fraction of sp³-hybridized carbons (Fsp3) is 0.875. The number of rotatable bonds is 5. The van der Waals surface area contributed by atoms with Crippen LogP contribution in [0, 0.1) is 5.92 Å². The van der Waals surface area contributed by atoms with E-state index in [9.17, 15) is 9.90 Å². The quantitative estimate of drug-likeness (QED) is 0.631. The number of aliphatic carboxylic acids is 1. The molecule has 0 aromatic heterocycles. The Morgan fingerprint density at radius 3 is 2.27 bits per heavy atom. The Kier molecular flexibility index (Phi) is 10.2. The van der Waals surface area contributed by atoms with Gasteiger partial charge in [0.2, 0.25) is 0 Å². The Bertz CT molecular complexity index is 104. The minimum absolute atomic E-state index is 0. The van der Waals surface area contributed by atoms with Crippen LogP contribution in [0.15, 0.2) is 0 Å². The molecule has 1 unspecified atom stereocenters. The van der Waals surface area contributed by atoms with Crippen molar-refractivity contribution in [3.8, 4) is 0 Å². The molecule has 0 radical (unpaired) electrons. The van der Waals surface area contributed by atoms with E-state index in [0.29, 0.717) is 6.42 Å². The van der Waals surface area contributed by atoms with Gasteiger partial charge in [-0.3, -0.25) is 0 Å². The number of carboxylic acid groups (broad SMARTS) is 1. The zero-order chi connectivity index (χ0) is 7.98. The van der Waals surface area contributed by atoms with Gasteiger partial charge in [-0.1, -0.05) is 26.7 Å². The van der Waals surface area contributed by atoms with Crippen molar-refractivity contribution in [1.82, 2.24) is 0 Å². The molecule has 0 aliphatic heterocycles. The Morgan fingerprint density at radius 2 is 2.00 bits per heavy atom. The topological polar surface area (TPSA) is 40.1 Å². The molecule has 0 bridgehead atoms.